The summed E-state index contributed by atoms with van der Waals surface area (Å²) in [5.41, 5.74) is 4.13. The second-order valence-corrected chi connectivity index (χ2v) is 8.54. The molecule has 0 radical (unpaired) electrons. The zero-order valence-electron chi connectivity index (χ0n) is 16.4. The summed E-state index contributed by atoms with van der Waals surface area (Å²) in [6.07, 6.45) is -0.769. The molecule has 4 rings (SSSR count). The Bertz CT molecular complexity index is 673. The third-order valence-electron chi connectivity index (χ3n) is 6.35. The van der Waals surface area contributed by atoms with Crippen LogP contribution in [-0.2, 0) is 11.3 Å². The summed E-state index contributed by atoms with van der Waals surface area (Å²) < 4.78 is 5.55. The van der Waals surface area contributed by atoms with Gasteiger partial charge in [0.2, 0.25) is 0 Å². The highest BCUT2D eigenvalue weighted by Gasteiger charge is 2.41. The minimum atomic E-state index is -0.769. The van der Waals surface area contributed by atoms with Gasteiger partial charge >= 0.3 is 6.09 Å². The van der Waals surface area contributed by atoms with Crippen LogP contribution in [0.2, 0.25) is 0 Å². The molecule has 1 aromatic rings. The normalized spacial score (nSPS) is 26.0. The van der Waals surface area contributed by atoms with Crippen LogP contribution in [0.5, 0.6) is 0 Å². The van der Waals surface area contributed by atoms with Crippen molar-refractivity contribution < 1.29 is 14.6 Å². The van der Waals surface area contributed by atoms with Crippen LogP contribution in [-0.4, -0.2) is 73.5 Å². The molecule has 1 aromatic carbocycles. The van der Waals surface area contributed by atoms with Gasteiger partial charge in [0.25, 0.3) is 0 Å². The Labute approximate surface area is 161 Å². The minimum Gasteiger partial charge on any atom is -0.465 e. The molecule has 2 unspecified atom stereocenters. The van der Waals surface area contributed by atoms with E-state index in [4.69, 9.17) is 4.74 Å². The molecule has 1 N–H and O–H groups in total. The van der Waals surface area contributed by atoms with Gasteiger partial charge in [-0.05, 0) is 34.9 Å². The van der Waals surface area contributed by atoms with E-state index >= 15 is 0 Å². The Hall–Kier alpha value is -1.79. The molecule has 3 aliphatic heterocycles. The van der Waals surface area contributed by atoms with Crippen LogP contribution in [0.25, 0.3) is 0 Å². The van der Waals surface area contributed by atoms with E-state index in [0.29, 0.717) is 30.8 Å². The quantitative estimate of drug-likeness (QED) is 0.879. The molecule has 3 fully saturated rings. The molecule has 3 saturated heterocycles. The van der Waals surface area contributed by atoms with Crippen LogP contribution in [0.1, 0.15) is 30.9 Å². The van der Waals surface area contributed by atoms with Crippen molar-refractivity contribution >= 4 is 11.8 Å². The number of ether oxygens (including phenoxy) is 1. The molecule has 0 spiro atoms. The van der Waals surface area contributed by atoms with Crippen molar-refractivity contribution in [1.82, 2.24) is 9.80 Å². The van der Waals surface area contributed by atoms with Gasteiger partial charge in [-0.2, -0.15) is 0 Å². The second-order valence-electron chi connectivity index (χ2n) is 8.54. The molecule has 3 aliphatic rings. The fraction of sp³-hybridized carbons (Fsp3) is 0.667. The first kappa shape index (κ1) is 18.6. The third-order valence-corrected chi connectivity index (χ3v) is 6.35. The molecular weight excluding hydrogens is 342 g/mol. The number of hydrogen-bond donors (Lipinski definition) is 1. The van der Waals surface area contributed by atoms with E-state index in [0.717, 1.165) is 45.9 Å². The lowest BCUT2D eigenvalue weighted by molar-refractivity contribution is 0.122. The summed E-state index contributed by atoms with van der Waals surface area (Å²) in [6.45, 7) is 12.3. The molecule has 148 valence electrons. The molecule has 2 atom stereocenters. The van der Waals surface area contributed by atoms with Gasteiger partial charge in [0.05, 0.1) is 13.2 Å². The number of benzene rings is 1. The van der Waals surface area contributed by atoms with Gasteiger partial charge in [-0.1, -0.05) is 26.0 Å². The van der Waals surface area contributed by atoms with Crippen LogP contribution in [0.3, 0.4) is 0 Å². The van der Waals surface area contributed by atoms with E-state index in [1.807, 2.05) is 0 Å². The van der Waals surface area contributed by atoms with E-state index in [1.165, 1.54) is 16.8 Å². The Morgan fingerprint density at radius 1 is 1.15 bits per heavy atom. The van der Waals surface area contributed by atoms with E-state index in [2.05, 4.69) is 41.8 Å². The van der Waals surface area contributed by atoms with Crippen molar-refractivity contribution in [3.05, 3.63) is 29.3 Å². The zero-order valence-corrected chi connectivity index (χ0v) is 16.4. The van der Waals surface area contributed by atoms with E-state index in [1.54, 1.807) is 4.90 Å². The lowest BCUT2D eigenvalue weighted by Crippen LogP contribution is -2.37. The van der Waals surface area contributed by atoms with Gasteiger partial charge in [0.1, 0.15) is 0 Å². The first-order valence-corrected chi connectivity index (χ1v) is 10.2. The molecule has 0 aromatic heterocycles. The molecule has 0 aliphatic carbocycles. The number of hydrogen-bond acceptors (Lipinski definition) is 4. The van der Waals surface area contributed by atoms with Gasteiger partial charge in [0, 0.05) is 51.5 Å². The molecule has 27 heavy (non-hydrogen) atoms. The van der Waals surface area contributed by atoms with Crippen LogP contribution in [0, 0.1) is 11.8 Å². The largest absolute Gasteiger partial charge is 0.465 e. The first-order valence-electron chi connectivity index (χ1n) is 10.2. The first-order chi connectivity index (χ1) is 13.0. The maximum Gasteiger partial charge on any atom is 0.407 e. The highest BCUT2D eigenvalue weighted by Crippen LogP contribution is 2.34. The molecule has 0 saturated carbocycles. The number of nitrogens with zero attached hydrogens (tertiary/aromatic N) is 3. The second kappa shape index (κ2) is 7.68. The Kier molecular flexibility index (Phi) is 5.28. The van der Waals surface area contributed by atoms with Crippen molar-refractivity contribution in [3.8, 4) is 0 Å². The fourth-order valence-corrected chi connectivity index (χ4v) is 4.79. The van der Waals surface area contributed by atoms with Crippen LogP contribution in [0.15, 0.2) is 18.2 Å². The molecule has 0 bridgehead atoms. The monoisotopic (exact) mass is 373 g/mol. The highest BCUT2D eigenvalue weighted by atomic mass is 16.5. The van der Waals surface area contributed by atoms with E-state index < -0.39 is 6.09 Å². The molecule has 3 heterocycles. The van der Waals surface area contributed by atoms with Crippen molar-refractivity contribution in [3.63, 3.8) is 0 Å². The minimum absolute atomic E-state index is 0.489. The standard InChI is InChI=1S/C21H31N3O3/c1-15(2)16-3-4-17(20(9-16)23-5-7-27-8-6-23)10-22-11-18-13-24(21(25)26)14-19(18)12-22/h3-4,9,15,18-19H,5-8,10-14H2,1-2H3,(H,25,26). The summed E-state index contributed by atoms with van der Waals surface area (Å²) in [5, 5.41) is 9.22. The lowest BCUT2D eigenvalue weighted by atomic mass is 9.99. The van der Waals surface area contributed by atoms with Crippen molar-refractivity contribution in [2.45, 2.75) is 26.3 Å². The van der Waals surface area contributed by atoms with Crippen molar-refractivity contribution in [2.75, 3.05) is 57.4 Å². The van der Waals surface area contributed by atoms with E-state index in [-0.39, 0.29) is 0 Å². The number of fused-ring (bicyclic) bond motifs is 1. The molecule has 6 heteroatoms. The highest BCUT2D eigenvalue weighted by molar-refractivity contribution is 5.65. The van der Waals surface area contributed by atoms with Crippen molar-refractivity contribution in [2.24, 2.45) is 11.8 Å². The predicted molar refractivity (Wildman–Crippen MR) is 105 cm³/mol. The number of likely N-dealkylation sites (tertiary alicyclic amines) is 2. The van der Waals surface area contributed by atoms with Gasteiger partial charge in [-0.25, -0.2) is 4.79 Å². The Balaban J connectivity index is 1.48. The SMILES string of the molecule is CC(C)c1ccc(CN2CC3CN(C(=O)O)CC3C2)c(N2CCOCC2)c1. The maximum atomic E-state index is 11.2. The van der Waals surface area contributed by atoms with Crippen LogP contribution >= 0.6 is 0 Å². The number of rotatable bonds is 4. The van der Waals surface area contributed by atoms with Gasteiger partial charge in [0.15, 0.2) is 0 Å². The maximum absolute atomic E-state index is 11.2. The zero-order chi connectivity index (χ0) is 19.0. The fourth-order valence-electron chi connectivity index (χ4n) is 4.79. The topological polar surface area (TPSA) is 56.2 Å². The molecule has 6 nitrogen and oxygen atoms in total. The van der Waals surface area contributed by atoms with Gasteiger partial charge in [-0.3, -0.25) is 4.90 Å². The predicted octanol–water partition coefficient (Wildman–Crippen LogP) is 2.69. The summed E-state index contributed by atoms with van der Waals surface area (Å²) in [4.78, 5) is 17.8. The van der Waals surface area contributed by atoms with Crippen LogP contribution in [0.4, 0.5) is 10.5 Å². The molecule has 1 amide bonds. The van der Waals surface area contributed by atoms with Gasteiger partial charge in [-0.15, -0.1) is 0 Å². The van der Waals surface area contributed by atoms with Gasteiger partial charge < -0.3 is 19.6 Å². The average Bonchev–Trinajstić information content (AvgIpc) is 3.21. The summed E-state index contributed by atoms with van der Waals surface area (Å²) >= 11 is 0. The number of amides is 1. The number of morpholine rings is 1. The van der Waals surface area contributed by atoms with E-state index in [9.17, 15) is 9.90 Å². The van der Waals surface area contributed by atoms with Crippen molar-refractivity contribution in [1.29, 1.82) is 0 Å². The number of carbonyl (C=O) groups is 1. The molecular formula is C21H31N3O3. The Morgan fingerprint density at radius 3 is 2.41 bits per heavy atom. The number of carboxylic acid groups (broad SMARTS) is 1. The number of anilines is 1. The lowest BCUT2D eigenvalue weighted by Gasteiger charge is -2.32. The smallest absolute Gasteiger partial charge is 0.407 e. The summed E-state index contributed by atoms with van der Waals surface area (Å²) in [5.74, 6) is 1.50. The Morgan fingerprint density at radius 2 is 1.81 bits per heavy atom. The average molecular weight is 373 g/mol. The summed E-state index contributed by atoms with van der Waals surface area (Å²) in [7, 11) is 0. The third kappa shape index (κ3) is 3.92. The summed E-state index contributed by atoms with van der Waals surface area (Å²) in [6, 6.07) is 6.94. The van der Waals surface area contributed by atoms with Crippen LogP contribution < -0.4 is 4.90 Å².